The predicted octanol–water partition coefficient (Wildman–Crippen LogP) is 4.12. The van der Waals surface area contributed by atoms with Crippen molar-refractivity contribution in [1.82, 2.24) is 10.3 Å². The van der Waals surface area contributed by atoms with Crippen LogP contribution >= 0.6 is 0 Å². The zero-order valence-electron chi connectivity index (χ0n) is 13.0. The van der Waals surface area contributed by atoms with E-state index in [9.17, 15) is 4.39 Å². The molecule has 0 amide bonds. The topological polar surface area (TPSA) is 24.9 Å². The number of aromatic nitrogens is 1. The van der Waals surface area contributed by atoms with E-state index in [4.69, 9.17) is 0 Å². The van der Waals surface area contributed by atoms with Gasteiger partial charge in [-0.2, -0.15) is 0 Å². The van der Waals surface area contributed by atoms with Crippen molar-refractivity contribution in [3.63, 3.8) is 0 Å². The van der Waals surface area contributed by atoms with Gasteiger partial charge in [0.2, 0.25) is 0 Å². The second-order valence-corrected chi connectivity index (χ2v) is 5.51. The molecule has 0 spiro atoms. The molecule has 0 fully saturated rings. The molecule has 2 aromatic rings. The van der Waals surface area contributed by atoms with Gasteiger partial charge in [0, 0.05) is 18.4 Å². The molecule has 1 unspecified atom stereocenters. The Balaban J connectivity index is 2.28. The molecule has 1 aromatic carbocycles. The lowest BCUT2D eigenvalue weighted by molar-refractivity contribution is 0.523. The van der Waals surface area contributed by atoms with Crippen LogP contribution in [0.15, 0.2) is 36.7 Å². The van der Waals surface area contributed by atoms with Crippen molar-refractivity contribution in [3.05, 3.63) is 64.7 Å². The van der Waals surface area contributed by atoms with Crippen LogP contribution in [0.1, 0.15) is 41.6 Å². The van der Waals surface area contributed by atoms with Gasteiger partial charge in [0.25, 0.3) is 0 Å². The third-order valence-electron chi connectivity index (χ3n) is 3.82. The van der Waals surface area contributed by atoms with Crippen molar-refractivity contribution < 1.29 is 4.39 Å². The molecule has 0 saturated heterocycles. The molecule has 3 heteroatoms. The zero-order valence-corrected chi connectivity index (χ0v) is 13.0. The largest absolute Gasteiger partial charge is 0.310 e. The molecule has 1 atom stereocenters. The molecular weight excluding hydrogens is 263 g/mol. The van der Waals surface area contributed by atoms with Crippen LogP contribution in [0.5, 0.6) is 0 Å². The lowest BCUT2D eigenvalue weighted by Gasteiger charge is -2.21. The van der Waals surface area contributed by atoms with Crippen LogP contribution in [-0.4, -0.2) is 11.5 Å². The van der Waals surface area contributed by atoms with Crippen LogP contribution in [0.3, 0.4) is 0 Å². The predicted molar refractivity (Wildman–Crippen MR) is 84.8 cm³/mol. The third kappa shape index (κ3) is 4.11. The average Bonchev–Trinajstić information content (AvgIpc) is 2.48. The Kier molecular flexibility index (Phi) is 5.45. The van der Waals surface area contributed by atoms with E-state index in [-0.39, 0.29) is 11.9 Å². The third-order valence-corrected chi connectivity index (χ3v) is 3.82. The fourth-order valence-electron chi connectivity index (χ4n) is 2.57. The van der Waals surface area contributed by atoms with E-state index >= 15 is 0 Å². The first kappa shape index (κ1) is 15.6. The lowest BCUT2D eigenvalue weighted by atomic mass is 9.94. The van der Waals surface area contributed by atoms with E-state index in [1.54, 1.807) is 6.07 Å². The van der Waals surface area contributed by atoms with Crippen molar-refractivity contribution in [2.75, 3.05) is 6.54 Å². The quantitative estimate of drug-likeness (QED) is 0.864. The van der Waals surface area contributed by atoms with E-state index in [2.05, 4.69) is 30.2 Å². The zero-order chi connectivity index (χ0) is 15.2. The maximum absolute atomic E-state index is 13.5. The number of rotatable bonds is 6. The summed E-state index contributed by atoms with van der Waals surface area (Å²) in [5.74, 6) is -0.170. The molecule has 112 valence electrons. The summed E-state index contributed by atoms with van der Waals surface area (Å²) in [6.45, 7) is 7.20. The number of aryl methyl sites for hydroxylation is 2. The van der Waals surface area contributed by atoms with Crippen LogP contribution in [-0.2, 0) is 6.42 Å². The second kappa shape index (κ2) is 7.32. The van der Waals surface area contributed by atoms with Gasteiger partial charge in [-0.25, -0.2) is 4.39 Å². The van der Waals surface area contributed by atoms with Crippen LogP contribution in [0.2, 0.25) is 0 Å². The molecule has 1 heterocycles. The number of nitrogens with zero attached hydrogens (tertiary/aromatic N) is 1. The van der Waals surface area contributed by atoms with Crippen molar-refractivity contribution in [2.24, 2.45) is 0 Å². The molecular formula is C18H23FN2. The molecule has 0 aliphatic carbocycles. The monoisotopic (exact) mass is 286 g/mol. The van der Waals surface area contributed by atoms with Gasteiger partial charge in [0.15, 0.2) is 0 Å². The van der Waals surface area contributed by atoms with E-state index in [0.717, 1.165) is 30.5 Å². The van der Waals surface area contributed by atoms with E-state index < -0.39 is 0 Å². The Hall–Kier alpha value is -1.74. The standard InChI is InChI=1S/C18H23FN2/c1-4-8-21-18(17-7-9-20-12-14(17)3)11-15-10-16(19)6-5-13(15)2/h5-7,9-10,12,18,21H,4,8,11H2,1-3H3. The summed E-state index contributed by atoms with van der Waals surface area (Å²) in [4.78, 5) is 4.16. The highest BCUT2D eigenvalue weighted by molar-refractivity contribution is 5.32. The van der Waals surface area contributed by atoms with Crippen LogP contribution in [0.4, 0.5) is 4.39 Å². The Labute approximate surface area is 126 Å². The number of pyridine rings is 1. The molecule has 0 radical (unpaired) electrons. The van der Waals surface area contributed by atoms with Gasteiger partial charge in [-0.15, -0.1) is 0 Å². The molecule has 0 bridgehead atoms. The van der Waals surface area contributed by atoms with Crippen molar-refractivity contribution >= 4 is 0 Å². The summed E-state index contributed by atoms with van der Waals surface area (Å²) < 4.78 is 13.5. The molecule has 0 aliphatic heterocycles. The number of nitrogens with one attached hydrogen (secondary N) is 1. The van der Waals surface area contributed by atoms with Gasteiger partial charge in [0.1, 0.15) is 5.82 Å². The minimum Gasteiger partial charge on any atom is -0.310 e. The summed E-state index contributed by atoms with van der Waals surface area (Å²) in [6.07, 6.45) is 5.56. The first-order valence-corrected chi connectivity index (χ1v) is 7.50. The SMILES string of the molecule is CCCNC(Cc1cc(F)ccc1C)c1ccncc1C. The summed E-state index contributed by atoms with van der Waals surface area (Å²) >= 11 is 0. The normalized spacial score (nSPS) is 12.4. The summed E-state index contributed by atoms with van der Waals surface area (Å²) in [5.41, 5.74) is 4.59. The van der Waals surface area contributed by atoms with Crippen molar-refractivity contribution in [3.8, 4) is 0 Å². The molecule has 1 N–H and O–H groups in total. The lowest BCUT2D eigenvalue weighted by Crippen LogP contribution is -2.25. The summed E-state index contributed by atoms with van der Waals surface area (Å²) in [5, 5.41) is 3.57. The molecule has 21 heavy (non-hydrogen) atoms. The van der Waals surface area contributed by atoms with Crippen molar-refractivity contribution in [1.29, 1.82) is 0 Å². The Morgan fingerprint density at radius 1 is 1.19 bits per heavy atom. The fraction of sp³-hybridized carbons (Fsp3) is 0.389. The minimum absolute atomic E-state index is 0.170. The van der Waals surface area contributed by atoms with Crippen LogP contribution in [0.25, 0.3) is 0 Å². The number of benzene rings is 1. The van der Waals surface area contributed by atoms with Gasteiger partial charge >= 0.3 is 0 Å². The van der Waals surface area contributed by atoms with Crippen LogP contribution in [0, 0.1) is 19.7 Å². The van der Waals surface area contributed by atoms with E-state index in [1.165, 1.54) is 17.2 Å². The van der Waals surface area contributed by atoms with E-state index in [1.807, 2.05) is 25.4 Å². The molecule has 2 nitrogen and oxygen atoms in total. The summed E-state index contributed by atoms with van der Waals surface area (Å²) in [6, 6.07) is 7.25. The van der Waals surface area contributed by atoms with Crippen LogP contribution < -0.4 is 5.32 Å². The van der Waals surface area contributed by atoms with Gasteiger partial charge in [-0.3, -0.25) is 4.98 Å². The first-order chi connectivity index (χ1) is 10.1. The Morgan fingerprint density at radius 2 is 2.00 bits per heavy atom. The average molecular weight is 286 g/mol. The van der Waals surface area contributed by atoms with E-state index in [0.29, 0.717) is 0 Å². The number of halogens is 1. The van der Waals surface area contributed by atoms with Gasteiger partial charge in [-0.1, -0.05) is 13.0 Å². The molecule has 1 aromatic heterocycles. The Morgan fingerprint density at radius 3 is 2.71 bits per heavy atom. The highest BCUT2D eigenvalue weighted by Gasteiger charge is 2.15. The highest BCUT2D eigenvalue weighted by Crippen LogP contribution is 2.23. The molecule has 0 saturated carbocycles. The smallest absolute Gasteiger partial charge is 0.123 e. The fourth-order valence-corrected chi connectivity index (χ4v) is 2.57. The summed E-state index contributed by atoms with van der Waals surface area (Å²) in [7, 11) is 0. The molecule has 2 rings (SSSR count). The minimum atomic E-state index is -0.170. The highest BCUT2D eigenvalue weighted by atomic mass is 19.1. The van der Waals surface area contributed by atoms with Gasteiger partial charge in [0.05, 0.1) is 0 Å². The van der Waals surface area contributed by atoms with Gasteiger partial charge in [-0.05, 0) is 73.7 Å². The Bertz CT molecular complexity index is 596. The second-order valence-electron chi connectivity index (χ2n) is 5.51. The first-order valence-electron chi connectivity index (χ1n) is 7.50. The maximum Gasteiger partial charge on any atom is 0.123 e. The van der Waals surface area contributed by atoms with Gasteiger partial charge < -0.3 is 5.32 Å². The number of hydrogen-bond donors (Lipinski definition) is 1. The molecule has 0 aliphatic rings. The maximum atomic E-state index is 13.5. The van der Waals surface area contributed by atoms with Crippen molar-refractivity contribution in [2.45, 2.75) is 39.7 Å². The number of hydrogen-bond acceptors (Lipinski definition) is 2.